The molecule has 1 aromatic carbocycles. The summed E-state index contributed by atoms with van der Waals surface area (Å²) in [4.78, 5) is 0. The van der Waals surface area contributed by atoms with E-state index in [9.17, 15) is 4.39 Å². The Labute approximate surface area is 95.4 Å². The lowest BCUT2D eigenvalue weighted by molar-refractivity contribution is -0.0623. The van der Waals surface area contributed by atoms with Crippen molar-refractivity contribution in [3.8, 4) is 0 Å². The van der Waals surface area contributed by atoms with Gasteiger partial charge in [0.15, 0.2) is 0 Å². The molecule has 1 fully saturated rings. The molecule has 0 bridgehead atoms. The van der Waals surface area contributed by atoms with Gasteiger partial charge in [0.25, 0.3) is 0 Å². The van der Waals surface area contributed by atoms with Gasteiger partial charge in [-0.25, -0.2) is 4.39 Å². The van der Waals surface area contributed by atoms with Crippen LogP contribution in [-0.4, -0.2) is 18.3 Å². The van der Waals surface area contributed by atoms with Crippen LogP contribution in [0.1, 0.15) is 32.2 Å². The van der Waals surface area contributed by atoms with E-state index in [2.05, 4.69) is 0 Å². The van der Waals surface area contributed by atoms with Crippen LogP contribution < -0.4 is 0 Å². The third-order valence-electron chi connectivity index (χ3n) is 3.23. The smallest absolute Gasteiger partial charge is 0.225 e. The molecule has 1 aliphatic rings. The molecule has 2 rings (SSSR count). The Morgan fingerprint density at radius 2 is 2.06 bits per heavy atom. The molecule has 1 heterocycles. The van der Waals surface area contributed by atoms with Crippen LogP contribution in [0, 0.1) is 0 Å². The summed E-state index contributed by atoms with van der Waals surface area (Å²) in [6.07, 6.45) is -0.322. The van der Waals surface area contributed by atoms with Crippen LogP contribution >= 0.6 is 0 Å². The molecule has 1 saturated heterocycles. The quantitative estimate of drug-likeness (QED) is 0.716. The topological polar surface area (TPSA) is 21.8 Å². The molecule has 3 heteroatoms. The molecule has 1 aliphatic heterocycles. The first-order valence-electron chi connectivity index (χ1n) is 5.66. The molecule has 0 spiro atoms. The van der Waals surface area contributed by atoms with E-state index in [-0.39, 0.29) is 11.7 Å². The Kier molecular flexibility index (Phi) is 3.26. The number of hydrogen-bond donors (Lipinski definition) is 0. The molecule has 2 nitrogen and oxygen atoms in total. The first kappa shape index (κ1) is 11.6. The number of halogens is 1. The van der Waals surface area contributed by atoms with Crippen LogP contribution in [0.25, 0.3) is 0 Å². The number of alkyl halides is 1. The van der Waals surface area contributed by atoms with Crippen LogP contribution in [0.5, 0.6) is 0 Å². The normalized spacial score (nSPS) is 30.1. The molecule has 1 aromatic rings. The van der Waals surface area contributed by atoms with Crippen molar-refractivity contribution in [2.24, 2.45) is 0 Å². The van der Waals surface area contributed by atoms with E-state index >= 15 is 0 Å². The fraction of sp³-hybridized carbons (Fsp3) is 0.538. The van der Waals surface area contributed by atoms with E-state index in [1.54, 1.807) is 24.3 Å². The fourth-order valence-electron chi connectivity index (χ4n) is 1.86. The number of benzene rings is 1. The summed E-state index contributed by atoms with van der Waals surface area (Å²) in [7, 11) is 0. The molecule has 3 unspecified atom stereocenters. The maximum atomic E-state index is 13.7. The second-order valence-corrected chi connectivity index (χ2v) is 4.22. The first-order chi connectivity index (χ1) is 7.68. The number of hydrogen-bond acceptors (Lipinski definition) is 2. The van der Waals surface area contributed by atoms with E-state index in [4.69, 9.17) is 9.47 Å². The maximum Gasteiger partial charge on any atom is 0.225 e. The lowest BCUT2D eigenvalue weighted by Gasteiger charge is -2.14. The van der Waals surface area contributed by atoms with Crippen molar-refractivity contribution >= 4 is 0 Å². The molecule has 0 aromatic heterocycles. The van der Waals surface area contributed by atoms with Gasteiger partial charge in [-0.2, -0.15) is 0 Å². The van der Waals surface area contributed by atoms with Crippen molar-refractivity contribution < 1.29 is 13.9 Å². The molecule has 0 aliphatic carbocycles. The number of ether oxygens (including phenoxy) is 2. The highest BCUT2D eigenvalue weighted by Crippen LogP contribution is 2.40. The summed E-state index contributed by atoms with van der Waals surface area (Å²) in [6.45, 7) is 4.34. The van der Waals surface area contributed by atoms with Gasteiger partial charge in [-0.15, -0.1) is 0 Å². The standard InChI is InChI=1S/C13H17FO2/c1-3-13(10(2)16-13)9-15-12(14)11-7-5-4-6-8-11/h4-8,10,12H,3,9H2,1-2H3. The van der Waals surface area contributed by atoms with Crippen LogP contribution in [0.3, 0.4) is 0 Å². The highest BCUT2D eigenvalue weighted by molar-refractivity contribution is 5.15. The van der Waals surface area contributed by atoms with Gasteiger partial charge in [0.1, 0.15) is 5.60 Å². The third kappa shape index (κ3) is 2.25. The summed E-state index contributed by atoms with van der Waals surface area (Å²) in [6, 6.07) is 8.91. The van der Waals surface area contributed by atoms with Crippen LogP contribution in [0.15, 0.2) is 30.3 Å². The molecule has 0 amide bonds. The van der Waals surface area contributed by atoms with Gasteiger partial charge in [0.05, 0.1) is 12.7 Å². The van der Waals surface area contributed by atoms with Crippen LogP contribution in [-0.2, 0) is 9.47 Å². The minimum atomic E-state index is -1.36. The van der Waals surface area contributed by atoms with Gasteiger partial charge in [0.2, 0.25) is 6.36 Å². The molecule has 3 atom stereocenters. The minimum absolute atomic E-state index is 0.181. The molecule has 0 N–H and O–H groups in total. The van der Waals surface area contributed by atoms with Crippen molar-refractivity contribution in [2.45, 2.75) is 38.3 Å². The zero-order chi connectivity index (χ0) is 11.6. The van der Waals surface area contributed by atoms with Gasteiger partial charge < -0.3 is 9.47 Å². The highest BCUT2D eigenvalue weighted by atomic mass is 19.1. The minimum Gasteiger partial charge on any atom is -0.364 e. The van der Waals surface area contributed by atoms with Crippen molar-refractivity contribution in [3.05, 3.63) is 35.9 Å². The van der Waals surface area contributed by atoms with Gasteiger partial charge in [-0.05, 0) is 13.3 Å². The van der Waals surface area contributed by atoms with Gasteiger partial charge in [-0.3, -0.25) is 0 Å². The zero-order valence-electron chi connectivity index (χ0n) is 9.65. The summed E-state index contributed by atoms with van der Waals surface area (Å²) >= 11 is 0. The average Bonchev–Trinajstić information content (AvgIpc) is 2.99. The lowest BCUT2D eigenvalue weighted by Crippen LogP contribution is -2.21. The summed E-state index contributed by atoms with van der Waals surface area (Å²) < 4.78 is 24.4. The molecule has 0 radical (unpaired) electrons. The Hall–Kier alpha value is -0.930. The predicted octanol–water partition coefficient (Wildman–Crippen LogP) is 3.24. The monoisotopic (exact) mass is 224 g/mol. The Morgan fingerprint density at radius 1 is 1.44 bits per heavy atom. The lowest BCUT2D eigenvalue weighted by atomic mass is 10.0. The van der Waals surface area contributed by atoms with Crippen molar-refractivity contribution in [2.75, 3.05) is 6.61 Å². The zero-order valence-corrected chi connectivity index (χ0v) is 9.65. The van der Waals surface area contributed by atoms with E-state index in [0.29, 0.717) is 12.2 Å². The van der Waals surface area contributed by atoms with E-state index < -0.39 is 6.36 Å². The Morgan fingerprint density at radius 3 is 2.56 bits per heavy atom. The predicted molar refractivity (Wildman–Crippen MR) is 59.8 cm³/mol. The molecule has 88 valence electrons. The second-order valence-electron chi connectivity index (χ2n) is 4.22. The van der Waals surface area contributed by atoms with Crippen molar-refractivity contribution in [1.82, 2.24) is 0 Å². The van der Waals surface area contributed by atoms with Crippen molar-refractivity contribution in [3.63, 3.8) is 0 Å². The Bertz CT molecular complexity index is 337. The fourth-order valence-corrected chi connectivity index (χ4v) is 1.86. The van der Waals surface area contributed by atoms with Crippen LogP contribution in [0.4, 0.5) is 4.39 Å². The van der Waals surface area contributed by atoms with E-state index in [1.807, 2.05) is 19.9 Å². The van der Waals surface area contributed by atoms with Gasteiger partial charge >= 0.3 is 0 Å². The second kappa shape index (κ2) is 4.52. The molecule has 0 saturated carbocycles. The van der Waals surface area contributed by atoms with Crippen molar-refractivity contribution in [1.29, 1.82) is 0 Å². The highest BCUT2D eigenvalue weighted by Gasteiger charge is 2.52. The molecular formula is C13H17FO2. The number of rotatable bonds is 5. The largest absolute Gasteiger partial charge is 0.364 e. The SMILES string of the molecule is CCC1(COC(F)c2ccccc2)OC1C. The maximum absolute atomic E-state index is 13.7. The average molecular weight is 224 g/mol. The van der Waals surface area contributed by atoms with Crippen LogP contribution in [0.2, 0.25) is 0 Å². The summed E-state index contributed by atoms with van der Waals surface area (Å²) in [5, 5.41) is 0. The van der Waals surface area contributed by atoms with Gasteiger partial charge in [0, 0.05) is 5.56 Å². The molecular weight excluding hydrogens is 207 g/mol. The van der Waals surface area contributed by atoms with Gasteiger partial charge in [-0.1, -0.05) is 37.3 Å². The molecule has 16 heavy (non-hydrogen) atoms. The third-order valence-corrected chi connectivity index (χ3v) is 3.23. The first-order valence-corrected chi connectivity index (χ1v) is 5.66. The summed E-state index contributed by atoms with van der Waals surface area (Å²) in [5.74, 6) is 0. The number of epoxide rings is 1. The Balaban J connectivity index is 1.87. The van der Waals surface area contributed by atoms with E-state index in [1.165, 1.54) is 0 Å². The summed E-state index contributed by atoms with van der Waals surface area (Å²) in [5.41, 5.74) is 0.307. The van der Waals surface area contributed by atoms with E-state index in [0.717, 1.165) is 6.42 Å².